The summed E-state index contributed by atoms with van der Waals surface area (Å²) in [6.45, 7) is 0. The van der Waals surface area contributed by atoms with Crippen molar-refractivity contribution in [2.45, 2.75) is 59.8 Å². The van der Waals surface area contributed by atoms with Crippen LogP contribution in [0.3, 0.4) is 0 Å². The summed E-state index contributed by atoms with van der Waals surface area (Å²) in [7, 11) is -7.35. The molecule has 0 spiro atoms. The summed E-state index contributed by atoms with van der Waals surface area (Å²) in [5.74, 6) is -1.70. The monoisotopic (exact) mass is 502 g/mol. The molecular weight excluding hydrogens is 478 g/mol. The van der Waals surface area contributed by atoms with Gasteiger partial charge >= 0.3 is 0 Å². The van der Waals surface area contributed by atoms with Crippen LogP contribution in [-0.4, -0.2) is 27.8 Å². The first-order valence-electron chi connectivity index (χ1n) is 10.7. The summed E-state index contributed by atoms with van der Waals surface area (Å²) in [4.78, 5) is -0.0221. The van der Waals surface area contributed by atoms with E-state index in [1.807, 2.05) is 0 Å². The highest BCUT2D eigenvalue weighted by molar-refractivity contribution is 7.92. The molecule has 0 aromatic heterocycles. The second-order valence-electron chi connectivity index (χ2n) is 8.90. The van der Waals surface area contributed by atoms with Gasteiger partial charge in [0.15, 0.2) is 19.7 Å². The molecule has 0 radical (unpaired) electrons. The Morgan fingerprint density at radius 1 is 0.906 bits per heavy atom. The SMILES string of the molecule is O=S(=O)(CC1CCC(c2cc(F)ccc2F)(S(=O)(=O)c2ccc(Cl)cc2)CC1)C1CCC1. The molecule has 2 aliphatic rings. The van der Waals surface area contributed by atoms with E-state index in [9.17, 15) is 25.6 Å². The summed E-state index contributed by atoms with van der Waals surface area (Å²) in [6, 6.07) is 8.47. The number of sulfone groups is 2. The minimum Gasteiger partial charge on any atom is -0.229 e. The number of hydrogen-bond donors (Lipinski definition) is 0. The minimum absolute atomic E-state index is 0.0143. The van der Waals surface area contributed by atoms with E-state index in [4.69, 9.17) is 11.6 Å². The van der Waals surface area contributed by atoms with E-state index in [1.54, 1.807) is 0 Å². The molecule has 2 saturated carbocycles. The molecule has 2 aromatic rings. The lowest BCUT2D eigenvalue weighted by atomic mass is 9.78. The maximum atomic E-state index is 14.9. The molecule has 2 fully saturated rings. The molecule has 4 nitrogen and oxygen atoms in total. The van der Waals surface area contributed by atoms with Gasteiger partial charge in [0.05, 0.1) is 15.9 Å². The zero-order valence-electron chi connectivity index (χ0n) is 17.4. The summed E-state index contributed by atoms with van der Waals surface area (Å²) in [5, 5.41) is 0.0625. The van der Waals surface area contributed by atoms with Gasteiger partial charge in [-0.05, 0) is 86.9 Å². The summed E-state index contributed by atoms with van der Waals surface area (Å²) < 4.78 is 80.1. The smallest absolute Gasteiger partial charge is 0.188 e. The van der Waals surface area contributed by atoms with Crippen LogP contribution in [0.2, 0.25) is 5.02 Å². The van der Waals surface area contributed by atoms with E-state index in [0.717, 1.165) is 24.6 Å². The number of halogens is 3. The fourth-order valence-corrected chi connectivity index (χ4v) is 9.48. The van der Waals surface area contributed by atoms with Crippen LogP contribution in [0.15, 0.2) is 47.4 Å². The Bertz CT molecular complexity index is 1200. The van der Waals surface area contributed by atoms with Crippen LogP contribution in [0, 0.1) is 17.6 Å². The van der Waals surface area contributed by atoms with Gasteiger partial charge in [0.2, 0.25) is 0 Å². The predicted octanol–water partition coefficient (Wildman–Crippen LogP) is 5.44. The molecule has 0 aliphatic heterocycles. The molecule has 0 bridgehead atoms. The zero-order valence-corrected chi connectivity index (χ0v) is 19.8. The lowest BCUT2D eigenvalue weighted by Crippen LogP contribution is -2.42. The van der Waals surface area contributed by atoms with Crippen molar-refractivity contribution in [1.82, 2.24) is 0 Å². The molecule has 174 valence electrons. The van der Waals surface area contributed by atoms with E-state index in [0.29, 0.717) is 30.7 Å². The van der Waals surface area contributed by atoms with E-state index >= 15 is 0 Å². The molecule has 0 heterocycles. The Morgan fingerprint density at radius 3 is 2.09 bits per heavy atom. The highest BCUT2D eigenvalue weighted by Gasteiger charge is 2.50. The molecular formula is C23H25ClF2O4S2. The van der Waals surface area contributed by atoms with Gasteiger partial charge in [-0.15, -0.1) is 0 Å². The van der Waals surface area contributed by atoms with Crippen molar-refractivity contribution < 1.29 is 25.6 Å². The van der Waals surface area contributed by atoms with Crippen molar-refractivity contribution in [3.8, 4) is 0 Å². The van der Waals surface area contributed by atoms with Crippen molar-refractivity contribution in [3.05, 3.63) is 64.7 Å². The topological polar surface area (TPSA) is 68.3 Å². The third kappa shape index (κ3) is 4.21. The average Bonchev–Trinajstić information content (AvgIpc) is 2.69. The molecule has 2 aromatic carbocycles. The Hall–Kier alpha value is -1.51. The van der Waals surface area contributed by atoms with Gasteiger partial charge in [0.1, 0.15) is 16.4 Å². The molecule has 32 heavy (non-hydrogen) atoms. The maximum absolute atomic E-state index is 14.9. The number of benzene rings is 2. The standard InChI is InChI=1S/C23H25ClF2O4S2/c24-17-4-7-20(8-5-17)32(29,30)23(21-14-18(25)6-9-22(21)26)12-10-16(11-13-23)15-31(27,28)19-2-1-3-19/h4-9,14,16,19H,1-3,10-13,15H2. The molecule has 2 aliphatic carbocycles. The first-order valence-corrected chi connectivity index (χ1v) is 14.3. The van der Waals surface area contributed by atoms with Crippen LogP contribution in [-0.2, 0) is 24.4 Å². The van der Waals surface area contributed by atoms with Crippen molar-refractivity contribution in [1.29, 1.82) is 0 Å². The van der Waals surface area contributed by atoms with Gasteiger partial charge < -0.3 is 0 Å². The van der Waals surface area contributed by atoms with Crippen LogP contribution in [0.1, 0.15) is 50.5 Å². The molecule has 0 N–H and O–H groups in total. The third-order valence-electron chi connectivity index (χ3n) is 7.00. The van der Waals surface area contributed by atoms with Gasteiger partial charge in [-0.1, -0.05) is 18.0 Å². The van der Waals surface area contributed by atoms with Crippen LogP contribution in [0.5, 0.6) is 0 Å². The van der Waals surface area contributed by atoms with Crippen molar-refractivity contribution in [3.63, 3.8) is 0 Å². The lowest BCUT2D eigenvalue weighted by Gasteiger charge is -2.40. The summed E-state index contributed by atoms with van der Waals surface area (Å²) in [6.07, 6.45) is 2.91. The van der Waals surface area contributed by atoms with E-state index in [1.165, 1.54) is 24.3 Å². The van der Waals surface area contributed by atoms with Gasteiger partial charge in [0, 0.05) is 10.6 Å². The second-order valence-corrected chi connectivity index (χ2v) is 13.9. The average molecular weight is 503 g/mol. The second kappa shape index (κ2) is 8.69. The van der Waals surface area contributed by atoms with Crippen molar-refractivity contribution in [2.24, 2.45) is 5.92 Å². The fraction of sp³-hybridized carbons (Fsp3) is 0.478. The van der Waals surface area contributed by atoms with E-state index < -0.39 is 36.1 Å². The van der Waals surface area contributed by atoms with Gasteiger partial charge in [0.25, 0.3) is 0 Å². The van der Waals surface area contributed by atoms with Crippen LogP contribution in [0.4, 0.5) is 8.78 Å². The van der Waals surface area contributed by atoms with Gasteiger partial charge in [-0.3, -0.25) is 0 Å². The number of rotatable bonds is 6. The molecule has 0 amide bonds. The zero-order chi connectivity index (χ0) is 23.1. The molecule has 0 unspecified atom stereocenters. The molecule has 4 rings (SSSR count). The molecule has 0 saturated heterocycles. The Morgan fingerprint density at radius 2 is 1.53 bits per heavy atom. The first kappa shape index (κ1) is 23.6. The Labute approximate surface area is 192 Å². The fourth-order valence-electron chi connectivity index (χ4n) is 4.87. The quantitative estimate of drug-likeness (QED) is 0.527. The summed E-state index contributed by atoms with van der Waals surface area (Å²) in [5.41, 5.74) is -0.201. The minimum atomic E-state index is -4.12. The van der Waals surface area contributed by atoms with Gasteiger partial charge in [-0.2, -0.15) is 0 Å². The maximum Gasteiger partial charge on any atom is 0.188 e. The highest BCUT2D eigenvalue weighted by atomic mass is 35.5. The normalized spacial score (nSPS) is 24.8. The molecule has 0 atom stereocenters. The molecule has 9 heteroatoms. The van der Waals surface area contributed by atoms with Crippen molar-refractivity contribution in [2.75, 3.05) is 5.75 Å². The summed E-state index contributed by atoms with van der Waals surface area (Å²) >= 11 is 5.91. The number of hydrogen-bond acceptors (Lipinski definition) is 4. The largest absolute Gasteiger partial charge is 0.229 e. The Balaban J connectivity index is 1.70. The highest BCUT2D eigenvalue weighted by Crippen LogP contribution is 2.49. The van der Waals surface area contributed by atoms with E-state index in [-0.39, 0.29) is 40.2 Å². The van der Waals surface area contributed by atoms with Crippen LogP contribution >= 0.6 is 11.6 Å². The van der Waals surface area contributed by atoms with Gasteiger partial charge in [-0.25, -0.2) is 25.6 Å². The van der Waals surface area contributed by atoms with Crippen molar-refractivity contribution >= 4 is 31.3 Å². The van der Waals surface area contributed by atoms with Crippen LogP contribution in [0.25, 0.3) is 0 Å². The predicted molar refractivity (Wildman–Crippen MR) is 120 cm³/mol. The van der Waals surface area contributed by atoms with E-state index in [2.05, 4.69) is 0 Å². The van der Waals surface area contributed by atoms with Crippen LogP contribution < -0.4 is 0 Å². The Kier molecular flexibility index (Phi) is 6.42. The lowest BCUT2D eigenvalue weighted by molar-refractivity contribution is 0.302. The third-order valence-corrected chi connectivity index (χ3v) is 12.2. The first-order chi connectivity index (χ1) is 15.0.